The van der Waals surface area contributed by atoms with Crippen LogP contribution in [0.3, 0.4) is 0 Å². The summed E-state index contributed by atoms with van der Waals surface area (Å²) in [4.78, 5) is 11.3. The Morgan fingerprint density at radius 3 is 2.81 bits per heavy atom. The van der Waals surface area contributed by atoms with Crippen LogP contribution >= 0.6 is 0 Å². The van der Waals surface area contributed by atoms with Gasteiger partial charge in [-0.25, -0.2) is 0 Å². The van der Waals surface area contributed by atoms with Crippen molar-refractivity contribution in [2.24, 2.45) is 12.8 Å². The van der Waals surface area contributed by atoms with Crippen LogP contribution in [0.4, 0.5) is 0 Å². The lowest BCUT2D eigenvalue weighted by molar-refractivity contribution is 0.100. The molecule has 84 valence electrons. The first-order valence-corrected chi connectivity index (χ1v) is 4.91. The molecule has 0 spiro atoms. The Labute approximate surface area is 92.5 Å². The van der Waals surface area contributed by atoms with E-state index in [1.54, 1.807) is 17.8 Å². The van der Waals surface area contributed by atoms with E-state index in [0.717, 1.165) is 11.1 Å². The molecule has 0 aliphatic carbocycles. The first-order chi connectivity index (χ1) is 7.54. The summed E-state index contributed by atoms with van der Waals surface area (Å²) in [5.74, 6) is -0.511. The summed E-state index contributed by atoms with van der Waals surface area (Å²) in [7, 11) is 1.76. The molecule has 0 bridgehead atoms. The van der Waals surface area contributed by atoms with Gasteiger partial charge in [-0.1, -0.05) is 0 Å². The Morgan fingerprint density at radius 2 is 2.25 bits per heavy atom. The fourth-order valence-electron chi connectivity index (χ4n) is 1.93. The predicted octanol–water partition coefficient (Wildman–Crippen LogP) is 0.473. The highest BCUT2D eigenvalue weighted by atomic mass is 16.3. The zero-order valence-electron chi connectivity index (χ0n) is 9.19. The Balaban J connectivity index is 2.90. The molecule has 0 aliphatic heterocycles. The van der Waals surface area contributed by atoms with E-state index < -0.39 is 5.91 Å². The third-order valence-electron chi connectivity index (χ3n) is 2.63. The van der Waals surface area contributed by atoms with Gasteiger partial charge < -0.3 is 10.8 Å². The number of nitrogens with two attached hydrogens (primary N) is 1. The molecule has 2 rings (SSSR count). The molecule has 0 aliphatic rings. The van der Waals surface area contributed by atoms with Gasteiger partial charge in [-0.15, -0.1) is 0 Å². The standard InChI is InChI=1S/C11H13N3O2/c1-6-8-3-7(5-15)4-9(11(12)16)10(8)14(2)13-6/h3-4,15H,5H2,1-2H3,(H2,12,16). The van der Waals surface area contributed by atoms with Crippen LogP contribution < -0.4 is 5.73 Å². The Bertz CT molecular complexity index is 572. The third-order valence-corrected chi connectivity index (χ3v) is 2.63. The first-order valence-electron chi connectivity index (χ1n) is 4.91. The van der Waals surface area contributed by atoms with Gasteiger partial charge >= 0.3 is 0 Å². The molecule has 0 radical (unpaired) electrons. The summed E-state index contributed by atoms with van der Waals surface area (Å²) >= 11 is 0. The summed E-state index contributed by atoms with van der Waals surface area (Å²) in [5.41, 5.74) is 7.90. The van der Waals surface area contributed by atoms with Crippen molar-refractivity contribution >= 4 is 16.8 Å². The van der Waals surface area contributed by atoms with Crippen LogP contribution in [0, 0.1) is 6.92 Å². The van der Waals surface area contributed by atoms with Crippen LogP contribution in [0.2, 0.25) is 0 Å². The van der Waals surface area contributed by atoms with E-state index in [2.05, 4.69) is 5.10 Å². The first kappa shape index (κ1) is 10.6. The second kappa shape index (κ2) is 3.61. The maximum absolute atomic E-state index is 11.3. The summed E-state index contributed by atoms with van der Waals surface area (Å²) in [6, 6.07) is 3.43. The van der Waals surface area contributed by atoms with Crippen molar-refractivity contribution in [2.45, 2.75) is 13.5 Å². The molecule has 1 amide bonds. The van der Waals surface area contributed by atoms with Gasteiger partial charge in [-0.2, -0.15) is 5.10 Å². The number of aliphatic hydroxyl groups excluding tert-OH is 1. The number of carbonyl (C=O) groups excluding carboxylic acids is 1. The van der Waals surface area contributed by atoms with Crippen LogP contribution in [0.1, 0.15) is 21.6 Å². The predicted molar refractivity (Wildman–Crippen MR) is 59.9 cm³/mol. The maximum Gasteiger partial charge on any atom is 0.250 e. The number of hydrogen-bond acceptors (Lipinski definition) is 3. The highest BCUT2D eigenvalue weighted by Gasteiger charge is 2.14. The lowest BCUT2D eigenvalue weighted by Crippen LogP contribution is -2.13. The Morgan fingerprint density at radius 1 is 1.56 bits per heavy atom. The van der Waals surface area contributed by atoms with Gasteiger partial charge in [0.2, 0.25) is 0 Å². The number of fused-ring (bicyclic) bond motifs is 1. The van der Waals surface area contributed by atoms with Crippen LogP contribution in [-0.4, -0.2) is 20.8 Å². The molecule has 0 atom stereocenters. The monoisotopic (exact) mass is 219 g/mol. The van der Waals surface area contributed by atoms with Gasteiger partial charge in [0.1, 0.15) is 0 Å². The molecular weight excluding hydrogens is 206 g/mol. The van der Waals surface area contributed by atoms with Crippen molar-refractivity contribution in [3.63, 3.8) is 0 Å². The average molecular weight is 219 g/mol. The van der Waals surface area contributed by atoms with Gasteiger partial charge in [0.05, 0.1) is 23.4 Å². The normalized spacial score (nSPS) is 10.9. The van der Waals surface area contributed by atoms with Crippen molar-refractivity contribution in [3.8, 4) is 0 Å². The van der Waals surface area contributed by atoms with Crippen molar-refractivity contribution < 1.29 is 9.90 Å². The molecule has 3 N–H and O–H groups in total. The largest absolute Gasteiger partial charge is 0.392 e. The van der Waals surface area contributed by atoms with Crippen LogP contribution in [-0.2, 0) is 13.7 Å². The Kier molecular flexibility index (Phi) is 2.40. The van der Waals surface area contributed by atoms with Gasteiger partial charge in [-0.3, -0.25) is 9.48 Å². The van der Waals surface area contributed by atoms with Gasteiger partial charge in [0, 0.05) is 12.4 Å². The lowest BCUT2D eigenvalue weighted by atomic mass is 10.0. The molecule has 16 heavy (non-hydrogen) atoms. The fourth-order valence-corrected chi connectivity index (χ4v) is 1.93. The summed E-state index contributed by atoms with van der Waals surface area (Å²) < 4.78 is 1.63. The highest BCUT2D eigenvalue weighted by Crippen LogP contribution is 2.23. The van der Waals surface area contributed by atoms with Crippen LogP contribution in [0.15, 0.2) is 12.1 Å². The average Bonchev–Trinajstić information content (AvgIpc) is 2.53. The number of nitrogens with zero attached hydrogens (tertiary/aromatic N) is 2. The van der Waals surface area contributed by atoms with E-state index >= 15 is 0 Å². The zero-order chi connectivity index (χ0) is 11.9. The van der Waals surface area contributed by atoms with Crippen molar-refractivity contribution in [1.82, 2.24) is 9.78 Å². The SMILES string of the molecule is Cc1nn(C)c2c(C(N)=O)cc(CO)cc12. The number of rotatable bonds is 2. The zero-order valence-corrected chi connectivity index (χ0v) is 9.19. The minimum absolute atomic E-state index is 0.120. The molecule has 2 aromatic rings. The number of amides is 1. The molecule has 0 saturated carbocycles. The summed E-state index contributed by atoms with van der Waals surface area (Å²) in [5, 5.41) is 14.2. The topological polar surface area (TPSA) is 81.1 Å². The second-order valence-electron chi connectivity index (χ2n) is 3.77. The smallest absolute Gasteiger partial charge is 0.250 e. The van der Waals surface area contributed by atoms with Gasteiger partial charge in [-0.05, 0) is 24.6 Å². The highest BCUT2D eigenvalue weighted by molar-refractivity contribution is 6.05. The molecule has 5 heteroatoms. The van der Waals surface area contributed by atoms with Crippen molar-refractivity contribution in [3.05, 3.63) is 29.0 Å². The molecule has 0 fully saturated rings. The van der Waals surface area contributed by atoms with E-state index in [0.29, 0.717) is 16.6 Å². The van der Waals surface area contributed by atoms with Crippen LogP contribution in [0.5, 0.6) is 0 Å². The summed E-state index contributed by atoms with van der Waals surface area (Å²) in [6.45, 7) is 1.73. The lowest BCUT2D eigenvalue weighted by Gasteiger charge is -2.04. The molecule has 0 unspecified atom stereocenters. The van der Waals surface area contributed by atoms with E-state index in [-0.39, 0.29) is 6.61 Å². The van der Waals surface area contributed by atoms with E-state index in [9.17, 15) is 4.79 Å². The minimum Gasteiger partial charge on any atom is -0.392 e. The molecular formula is C11H13N3O2. The van der Waals surface area contributed by atoms with Crippen LogP contribution in [0.25, 0.3) is 10.9 Å². The quantitative estimate of drug-likeness (QED) is 0.770. The minimum atomic E-state index is -0.511. The number of primary amides is 1. The maximum atomic E-state index is 11.3. The van der Waals surface area contributed by atoms with Crippen molar-refractivity contribution in [2.75, 3.05) is 0 Å². The molecule has 0 saturated heterocycles. The van der Waals surface area contributed by atoms with Gasteiger partial charge in [0.15, 0.2) is 0 Å². The molecule has 1 aromatic heterocycles. The molecule has 5 nitrogen and oxygen atoms in total. The van der Waals surface area contributed by atoms with E-state index in [1.165, 1.54) is 0 Å². The fraction of sp³-hybridized carbons (Fsp3) is 0.273. The number of hydrogen-bond donors (Lipinski definition) is 2. The van der Waals surface area contributed by atoms with E-state index in [4.69, 9.17) is 10.8 Å². The number of aryl methyl sites for hydroxylation is 2. The summed E-state index contributed by atoms with van der Waals surface area (Å²) in [6.07, 6.45) is 0. The number of carbonyl (C=O) groups is 1. The number of aliphatic hydroxyl groups is 1. The number of aromatic nitrogens is 2. The Hall–Kier alpha value is -1.88. The van der Waals surface area contributed by atoms with Crippen molar-refractivity contribution in [1.29, 1.82) is 0 Å². The van der Waals surface area contributed by atoms with E-state index in [1.807, 2.05) is 13.0 Å². The molecule has 1 heterocycles. The third kappa shape index (κ3) is 1.45. The number of benzene rings is 1. The van der Waals surface area contributed by atoms with Gasteiger partial charge in [0.25, 0.3) is 5.91 Å². The second-order valence-corrected chi connectivity index (χ2v) is 3.77. The molecule has 1 aromatic carbocycles.